The van der Waals surface area contributed by atoms with Crippen molar-refractivity contribution in [3.8, 4) is 0 Å². The quantitative estimate of drug-likeness (QED) is 0.898. The zero-order valence-corrected chi connectivity index (χ0v) is 11.5. The molecule has 1 amide bonds. The van der Waals surface area contributed by atoms with Crippen LogP contribution in [0.1, 0.15) is 21.5 Å². The van der Waals surface area contributed by atoms with E-state index in [1.54, 1.807) is 25.2 Å². The summed E-state index contributed by atoms with van der Waals surface area (Å²) >= 11 is 0. The first-order valence-corrected chi connectivity index (χ1v) is 6.41. The molecule has 3 nitrogen and oxygen atoms in total. The number of amides is 1. The van der Waals surface area contributed by atoms with Crippen molar-refractivity contribution in [1.82, 2.24) is 5.32 Å². The summed E-state index contributed by atoms with van der Waals surface area (Å²) in [5.41, 5.74) is 3.59. The first-order chi connectivity index (χ1) is 9.60. The summed E-state index contributed by atoms with van der Waals surface area (Å²) in [6.07, 6.45) is 0. The molecule has 2 rings (SSSR count). The molecule has 0 aliphatic heterocycles. The van der Waals surface area contributed by atoms with Crippen LogP contribution in [0.25, 0.3) is 0 Å². The maximum Gasteiger partial charge on any atom is 0.251 e. The molecule has 0 saturated carbocycles. The molecule has 104 valence electrons. The van der Waals surface area contributed by atoms with Crippen LogP contribution < -0.4 is 10.6 Å². The van der Waals surface area contributed by atoms with Gasteiger partial charge in [0.2, 0.25) is 0 Å². The van der Waals surface area contributed by atoms with Crippen molar-refractivity contribution in [2.45, 2.75) is 13.5 Å². The highest BCUT2D eigenvalue weighted by Gasteiger charge is 2.05. The molecule has 0 aromatic heterocycles. The molecule has 4 heteroatoms. The van der Waals surface area contributed by atoms with Gasteiger partial charge < -0.3 is 10.6 Å². The van der Waals surface area contributed by atoms with Gasteiger partial charge >= 0.3 is 0 Å². The van der Waals surface area contributed by atoms with Gasteiger partial charge in [-0.25, -0.2) is 4.39 Å². The lowest BCUT2D eigenvalue weighted by molar-refractivity contribution is 0.0963. The summed E-state index contributed by atoms with van der Waals surface area (Å²) in [4.78, 5) is 11.5. The number of hydrogen-bond acceptors (Lipinski definition) is 2. The Hall–Kier alpha value is -2.36. The van der Waals surface area contributed by atoms with E-state index in [4.69, 9.17) is 0 Å². The smallest absolute Gasteiger partial charge is 0.251 e. The van der Waals surface area contributed by atoms with E-state index in [2.05, 4.69) is 10.6 Å². The number of aryl methyl sites for hydroxylation is 1. The Morgan fingerprint density at radius 1 is 1.15 bits per heavy atom. The third kappa shape index (κ3) is 3.35. The van der Waals surface area contributed by atoms with Crippen LogP contribution in [0, 0.1) is 12.7 Å². The molecule has 2 aromatic rings. The average molecular weight is 272 g/mol. The predicted octanol–water partition coefficient (Wildman–Crippen LogP) is 3.11. The fourth-order valence-corrected chi connectivity index (χ4v) is 1.95. The lowest BCUT2D eigenvalue weighted by Crippen LogP contribution is -2.17. The molecule has 20 heavy (non-hydrogen) atoms. The number of anilines is 1. The fourth-order valence-electron chi connectivity index (χ4n) is 1.95. The van der Waals surface area contributed by atoms with Crippen molar-refractivity contribution < 1.29 is 9.18 Å². The van der Waals surface area contributed by atoms with Crippen LogP contribution in [0.3, 0.4) is 0 Å². The third-order valence-electron chi connectivity index (χ3n) is 3.11. The standard InChI is InChI=1S/C16H17FN2O/c1-11-9-13(16(20)18-2)5-8-15(11)19-10-12-3-6-14(17)7-4-12/h3-9,19H,10H2,1-2H3,(H,18,20). The molecule has 0 atom stereocenters. The Morgan fingerprint density at radius 2 is 1.85 bits per heavy atom. The molecule has 0 heterocycles. The molecule has 0 radical (unpaired) electrons. The fraction of sp³-hybridized carbons (Fsp3) is 0.188. The minimum absolute atomic E-state index is 0.0989. The van der Waals surface area contributed by atoms with Crippen molar-refractivity contribution in [2.75, 3.05) is 12.4 Å². The highest BCUT2D eigenvalue weighted by molar-refractivity contribution is 5.94. The molecule has 0 saturated heterocycles. The van der Waals surface area contributed by atoms with Gasteiger partial charge in [0.1, 0.15) is 5.82 Å². The average Bonchev–Trinajstić information content (AvgIpc) is 2.46. The molecule has 0 fully saturated rings. The van der Waals surface area contributed by atoms with Gasteiger partial charge in [-0.1, -0.05) is 12.1 Å². The normalized spacial score (nSPS) is 10.2. The third-order valence-corrected chi connectivity index (χ3v) is 3.11. The van der Waals surface area contributed by atoms with Crippen molar-refractivity contribution in [2.24, 2.45) is 0 Å². The van der Waals surface area contributed by atoms with Crippen molar-refractivity contribution in [1.29, 1.82) is 0 Å². The van der Waals surface area contributed by atoms with Crippen molar-refractivity contribution in [3.05, 3.63) is 65.0 Å². The van der Waals surface area contributed by atoms with E-state index in [0.29, 0.717) is 12.1 Å². The Labute approximate surface area is 117 Å². The van der Waals surface area contributed by atoms with Crippen LogP contribution >= 0.6 is 0 Å². The van der Waals surface area contributed by atoms with Gasteiger partial charge in [0, 0.05) is 24.8 Å². The maximum absolute atomic E-state index is 12.8. The second-order valence-electron chi connectivity index (χ2n) is 4.59. The Kier molecular flexibility index (Phi) is 4.35. The zero-order chi connectivity index (χ0) is 14.5. The Morgan fingerprint density at radius 3 is 2.45 bits per heavy atom. The summed E-state index contributed by atoms with van der Waals surface area (Å²) in [6, 6.07) is 11.9. The summed E-state index contributed by atoms with van der Waals surface area (Å²) in [5, 5.41) is 5.87. The van der Waals surface area contributed by atoms with Gasteiger partial charge in [-0.15, -0.1) is 0 Å². The SMILES string of the molecule is CNC(=O)c1ccc(NCc2ccc(F)cc2)c(C)c1. The summed E-state index contributed by atoms with van der Waals surface area (Å²) in [6.45, 7) is 2.56. The number of hydrogen-bond donors (Lipinski definition) is 2. The van der Waals surface area contributed by atoms with E-state index in [1.807, 2.05) is 19.1 Å². The number of benzene rings is 2. The van der Waals surface area contributed by atoms with E-state index in [-0.39, 0.29) is 11.7 Å². The minimum atomic E-state index is -0.236. The first kappa shape index (κ1) is 14.1. The van der Waals surface area contributed by atoms with Crippen LogP contribution in [-0.4, -0.2) is 13.0 Å². The maximum atomic E-state index is 12.8. The first-order valence-electron chi connectivity index (χ1n) is 6.41. The van der Waals surface area contributed by atoms with Gasteiger partial charge in [-0.3, -0.25) is 4.79 Å². The number of halogens is 1. The van der Waals surface area contributed by atoms with Gasteiger partial charge in [0.15, 0.2) is 0 Å². The van der Waals surface area contributed by atoms with E-state index < -0.39 is 0 Å². The predicted molar refractivity (Wildman–Crippen MR) is 78.3 cm³/mol. The topological polar surface area (TPSA) is 41.1 Å². The van der Waals surface area contributed by atoms with Crippen LogP contribution in [0.2, 0.25) is 0 Å². The Balaban J connectivity index is 2.06. The van der Waals surface area contributed by atoms with Crippen LogP contribution in [0.4, 0.5) is 10.1 Å². The Bertz CT molecular complexity index is 608. The zero-order valence-electron chi connectivity index (χ0n) is 11.5. The highest BCUT2D eigenvalue weighted by atomic mass is 19.1. The molecule has 2 aromatic carbocycles. The van der Waals surface area contributed by atoms with Gasteiger partial charge in [0.25, 0.3) is 5.91 Å². The summed E-state index contributed by atoms with van der Waals surface area (Å²) in [7, 11) is 1.61. The van der Waals surface area contributed by atoms with Crippen molar-refractivity contribution in [3.63, 3.8) is 0 Å². The van der Waals surface area contributed by atoms with E-state index in [0.717, 1.165) is 16.8 Å². The molecule has 0 aliphatic rings. The second-order valence-corrected chi connectivity index (χ2v) is 4.59. The number of rotatable bonds is 4. The lowest BCUT2D eigenvalue weighted by Gasteiger charge is -2.11. The molecule has 0 spiro atoms. The minimum Gasteiger partial charge on any atom is -0.381 e. The molecule has 0 bridgehead atoms. The number of carbonyl (C=O) groups is 1. The van der Waals surface area contributed by atoms with Crippen molar-refractivity contribution >= 4 is 11.6 Å². The van der Waals surface area contributed by atoms with Gasteiger partial charge in [-0.05, 0) is 48.4 Å². The number of carbonyl (C=O) groups excluding carboxylic acids is 1. The molecule has 0 unspecified atom stereocenters. The molecule has 0 aliphatic carbocycles. The highest BCUT2D eigenvalue weighted by Crippen LogP contribution is 2.17. The van der Waals surface area contributed by atoms with Gasteiger partial charge in [-0.2, -0.15) is 0 Å². The van der Waals surface area contributed by atoms with Crippen LogP contribution in [0.5, 0.6) is 0 Å². The molecular weight excluding hydrogens is 255 g/mol. The summed E-state index contributed by atoms with van der Waals surface area (Å²) < 4.78 is 12.8. The number of nitrogens with one attached hydrogen (secondary N) is 2. The monoisotopic (exact) mass is 272 g/mol. The van der Waals surface area contributed by atoms with Crippen LogP contribution in [-0.2, 0) is 6.54 Å². The lowest BCUT2D eigenvalue weighted by atomic mass is 10.1. The molecular formula is C16H17FN2O. The van der Waals surface area contributed by atoms with Gasteiger partial charge in [0.05, 0.1) is 0 Å². The second kappa shape index (κ2) is 6.19. The van der Waals surface area contributed by atoms with Crippen LogP contribution in [0.15, 0.2) is 42.5 Å². The molecule has 2 N–H and O–H groups in total. The van der Waals surface area contributed by atoms with E-state index in [9.17, 15) is 9.18 Å². The van der Waals surface area contributed by atoms with E-state index in [1.165, 1.54) is 12.1 Å². The van der Waals surface area contributed by atoms with E-state index >= 15 is 0 Å². The summed E-state index contributed by atoms with van der Waals surface area (Å²) in [5.74, 6) is -0.335. The largest absolute Gasteiger partial charge is 0.381 e.